The number of hydrogen-bond donors (Lipinski definition) is 2. The van der Waals surface area contributed by atoms with Gasteiger partial charge >= 0.3 is 0 Å². The lowest BCUT2D eigenvalue weighted by Gasteiger charge is -2.18. The van der Waals surface area contributed by atoms with Gasteiger partial charge in [0.25, 0.3) is 0 Å². The third-order valence-corrected chi connectivity index (χ3v) is 4.64. The van der Waals surface area contributed by atoms with E-state index < -0.39 is 18.1 Å². The summed E-state index contributed by atoms with van der Waals surface area (Å²) in [4.78, 5) is 22.8. The molecule has 0 aromatic heterocycles. The molecular weight excluding hydrogens is 268 g/mol. The monoisotopic (exact) mass is 298 g/mol. The van der Waals surface area contributed by atoms with E-state index in [1.807, 2.05) is 0 Å². The SMILES string of the molecule is CCCCCCCCC(=O)CCC1C(O)CC(O)C1C=O. The Hall–Kier alpha value is -0.740. The molecule has 21 heavy (non-hydrogen) atoms. The summed E-state index contributed by atoms with van der Waals surface area (Å²) < 4.78 is 0. The summed E-state index contributed by atoms with van der Waals surface area (Å²) in [5, 5.41) is 19.5. The number of carbonyl (C=O) groups is 2. The molecule has 0 bridgehead atoms. The molecule has 4 nitrogen and oxygen atoms in total. The number of aliphatic hydroxyl groups is 2. The van der Waals surface area contributed by atoms with Crippen LogP contribution in [0.25, 0.3) is 0 Å². The van der Waals surface area contributed by atoms with E-state index in [1.54, 1.807) is 0 Å². The molecule has 0 aliphatic heterocycles. The van der Waals surface area contributed by atoms with Gasteiger partial charge in [-0.25, -0.2) is 0 Å². The summed E-state index contributed by atoms with van der Waals surface area (Å²) in [5.74, 6) is -0.559. The van der Waals surface area contributed by atoms with Crippen LogP contribution in [0.4, 0.5) is 0 Å². The van der Waals surface area contributed by atoms with E-state index in [1.165, 1.54) is 25.7 Å². The Morgan fingerprint density at radius 2 is 1.71 bits per heavy atom. The zero-order valence-electron chi connectivity index (χ0n) is 13.2. The molecule has 0 amide bonds. The van der Waals surface area contributed by atoms with Gasteiger partial charge in [-0.1, -0.05) is 39.0 Å². The molecule has 0 radical (unpaired) electrons. The average molecular weight is 298 g/mol. The van der Waals surface area contributed by atoms with Crippen molar-refractivity contribution < 1.29 is 19.8 Å². The van der Waals surface area contributed by atoms with Crippen molar-refractivity contribution in [3.8, 4) is 0 Å². The first-order valence-electron chi connectivity index (χ1n) is 8.43. The minimum atomic E-state index is -0.754. The highest BCUT2D eigenvalue weighted by Crippen LogP contribution is 2.34. The maximum Gasteiger partial charge on any atom is 0.132 e. The van der Waals surface area contributed by atoms with Crippen molar-refractivity contribution in [1.82, 2.24) is 0 Å². The molecular formula is C17H30O4. The largest absolute Gasteiger partial charge is 0.393 e. The second kappa shape index (κ2) is 10.1. The van der Waals surface area contributed by atoms with Gasteiger partial charge in [0, 0.05) is 25.2 Å². The number of rotatable bonds is 11. The second-order valence-corrected chi connectivity index (χ2v) is 6.34. The molecule has 2 N–H and O–H groups in total. The molecule has 1 fully saturated rings. The topological polar surface area (TPSA) is 74.6 Å². The molecule has 0 saturated heterocycles. The number of aliphatic hydroxyl groups excluding tert-OH is 2. The first-order valence-corrected chi connectivity index (χ1v) is 8.43. The number of hydrogen-bond acceptors (Lipinski definition) is 4. The van der Waals surface area contributed by atoms with E-state index >= 15 is 0 Å². The zero-order chi connectivity index (χ0) is 15.7. The predicted octanol–water partition coefficient (Wildman–Crippen LogP) is 2.64. The number of unbranched alkanes of at least 4 members (excludes halogenated alkanes) is 5. The van der Waals surface area contributed by atoms with Gasteiger partial charge in [0.05, 0.1) is 12.2 Å². The Labute approximate surface area is 127 Å². The van der Waals surface area contributed by atoms with Gasteiger partial charge in [-0.3, -0.25) is 4.79 Å². The van der Waals surface area contributed by atoms with Gasteiger partial charge in [-0.15, -0.1) is 0 Å². The van der Waals surface area contributed by atoms with Gasteiger partial charge < -0.3 is 15.0 Å². The molecule has 1 aliphatic carbocycles. The molecule has 0 heterocycles. The Morgan fingerprint density at radius 3 is 2.38 bits per heavy atom. The number of Topliss-reactive ketones (excluding diaryl/α,β-unsaturated/α-hetero) is 1. The van der Waals surface area contributed by atoms with E-state index in [2.05, 4.69) is 6.92 Å². The molecule has 0 aromatic rings. The molecule has 1 rings (SSSR count). The number of aldehydes is 1. The first-order chi connectivity index (χ1) is 10.1. The molecule has 1 aliphatic rings. The van der Waals surface area contributed by atoms with Crippen molar-refractivity contribution >= 4 is 12.1 Å². The lowest BCUT2D eigenvalue weighted by Crippen LogP contribution is -2.24. The van der Waals surface area contributed by atoms with Crippen LogP contribution in [0.2, 0.25) is 0 Å². The maximum absolute atomic E-state index is 11.8. The summed E-state index contributed by atoms with van der Waals surface area (Å²) in [7, 11) is 0. The predicted molar refractivity (Wildman–Crippen MR) is 81.9 cm³/mol. The van der Waals surface area contributed by atoms with Crippen molar-refractivity contribution in [2.45, 2.75) is 83.3 Å². The Balaban J connectivity index is 2.16. The van der Waals surface area contributed by atoms with Crippen LogP contribution in [-0.4, -0.2) is 34.5 Å². The van der Waals surface area contributed by atoms with E-state index in [9.17, 15) is 19.8 Å². The zero-order valence-corrected chi connectivity index (χ0v) is 13.2. The Bertz CT molecular complexity index is 316. The smallest absolute Gasteiger partial charge is 0.132 e. The van der Waals surface area contributed by atoms with Gasteiger partial charge in [-0.05, 0) is 18.8 Å². The van der Waals surface area contributed by atoms with E-state index in [0.717, 1.165) is 19.1 Å². The normalized spacial score (nSPS) is 28.7. The minimum Gasteiger partial charge on any atom is -0.393 e. The molecule has 4 heteroatoms. The van der Waals surface area contributed by atoms with Crippen LogP contribution in [0.1, 0.15) is 71.1 Å². The first kappa shape index (κ1) is 18.3. The van der Waals surface area contributed by atoms with Crippen molar-refractivity contribution in [3.63, 3.8) is 0 Å². The molecule has 4 unspecified atom stereocenters. The highest BCUT2D eigenvalue weighted by atomic mass is 16.3. The fourth-order valence-electron chi connectivity index (χ4n) is 3.25. The van der Waals surface area contributed by atoms with E-state index in [4.69, 9.17) is 0 Å². The van der Waals surface area contributed by atoms with E-state index in [-0.39, 0.29) is 18.1 Å². The van der Waals surface area contributed by atoms with Gasteiger partial charge in [0.15, 0.2) is 0 Å². The van der Waals surface area contributed by atoms with Crippen molar-refractivity contribution in [2.24, 2.45) is 11.8 Å². The standard InChI is InChI=1S/C17H30O4/c1-2-3-4-5-6-7-8-13(19)9-10-14-15(12-18)17(21)11-16(14)20/h12,14-17,20-21H,2-11H2,1H3. The summed E-state index contributed by atoms with van der Waals surface area (Å²) >= 11 is 0. The van der Waals surface area contributed by atoms with Crippen LogP contribution in [0.3, 0.4) is 0 Å². The van der Waals surface area contributed by atoms with Crippen LogP contribution in [0, 0.1) is 11.8 Å². The number of ketones is 1. The number of carbonyl (C=O) groups excluding carboxylic acids is 2. The van der Waals surface area contributed by atoms with Crippen LogP contribution in [0.15, 0.2) is 0 Å². The summed E-state index contributed by atoms with van der Waals surface area (Å²) in [6, 6.07) is 0. The minimum absolute atomic E-state index is 0.212. The molecule has 4 atom stereocenters. The average Bonchev–Trinajstić information content (AvgIpc) is 2.73. The highest BCUT2D eigenvalue weighted by molar-refractivity contribution is 5.78. The quantitative estimate of drug-likeness (QED) is 0.454. The fourth-order valence-corrected chi connectivity index (χ4v) is 3.25. The van der Waals surface area contributed by atoms with Crippen LogP contribution < -0.4 is 0 Å². The summed E-state index contributed by atoms with van der Waals surface area (Å²) in [6.07, 6.45) is 8.07. The molecule has 0 spiro atoms. The van der Waals surface area contributed by atoms with Gasteiger partial charge in [0.1, 0.15) is 12.1 Å². The van der Waals surface area contributed by atoms with Gasteiger partial charge in [0.2, 0.25) is 0 Å². The summed E-state index contributed by atoms with van der Waals surface area (Å²) in [6.45, 7) is 2.19. The lowest BCUT2D eigenvalue weighted by molar-refractivity contribution is -0.120. The molecule has 1 saturated carbocycles. The van der Waals surface area contributed by atoms with Crippen LogP contribution in [-0.2, 0) is 9.59 Å². The van der Waals surface area contributed by atoms with E-state index in [0.29, 0.717) is 19.3 Å². The Kier molecular flexibility index (Phi) is 8.77. The lowest BCUT2D eigenvalue weighted by atomic mass is 9.89. The van der Waals surface area contributed by atoms with Gasteiger partial charge in [-0.2, -0.15) is 0 Å². The molecule has 0 aromatic carbocycles. The third-order valence-electron chi connectivity index (χ3n) is 4.64. The molecule has 122 valence electrons. The second-order valence-electron chi connectivity index (χ2n) is 6.34. The third kappa shape index (κ3) is 6.27. The van der Waals surface area contributed by atoms with Crippen molar-refractivity contribution in [3.05, 3.63) is 0 Å². The highest BCUT2D eigenvalue weighted by Gasteiger charge is 2.41. The van der Waals surface area contributed by atoms with Crippen molar-refractivity contribution in [2.75, 3.05) is 0 Å². The maximum atomic E-state index is 11.8. The fraction of sp³-hybridized carbons (Fsp3) is 0.882. The van der Waals surface area contributed by atoms with Crippen molar-refractivity contribution in [1.29, 1.82) is 0 Å². The van der Waals surface area contributed by atoms with Crippen LogP contribution >= 0.6 is 0 Å². The van der Waals surface area contributed by atoms with Crippen LogP contribution in [0.5, 0.6) is 0 Å². The summed E-state index contributed by atoms with van der Waals surface area (Å²) in [5.41, 5.74) is 0. The Morgan fingerprint density at radius 1 is 1.05 bits per heavy atom.